The Kier molecular flexibility index (Phi) is 4.80. The minimum absolute atomic E-state index is 0.0638. The molecule has 0 spiro atoms. The molecule has 1 saturated heterocycles. The molecular weight excluding hydrogens is 350 g/mol. The number of piperidine rings is 1. The van der Waals surface area contributed by atoms with E-state index in [1.165, 1.54) is 0 Å². The first kappa shape index (κ1) is 16.9. The monoisotopic (exact) mass is 369 g/mol. The minimum atomic E-state index is -0.0638. The zero-order chi connectivity index (χ0) is 17.9. The number of nitrogens with one attached hydrogen (secondary N) is 1. The minimum Gasteiger partial charge on any atom is -0.423 e. The number of para-hydroxylation sites is 2. The Morgan fingerprint density at radius 3 is 2.85 bits per heavy atom. The van der Waals surface area contributed by atoms with E-state index in [-0.39, 0.29) is 11.8 Å². The van der Waals surface area contributed by atoms with E-state index in [1.54, 1.807) is 0 Å². The average molecular weight is 370 g/mol. The molecule has 1 amide bonds. The van der Waals surface area contributed by atoms with Gasteiger partial charge in [-0.25, -0.2) is 0 Å². The van der Waals surface area contributed by atoms with Gasteiger partial charge in [0, 0.05) is 24.7 Å². The molecule has 0 aliphatic carbocycles. The molecule has 1 atom stereocenters. The Balaban J connectivity index is 1.39. The Hall–Kier alpha value is -2.53. The lowest BCUT2D eigenvalue weighted by Crippen LogP contribution is -2.43. The smallest absolute Gasteiger partial charge is 0.298 e. The Labute approximate surface area is 157 Å². The summed E-state index contributed by atoms with van der Waals surface area (Å²) in [6.45, 7) is 1.99. The molecule has 5 nitrogen and oxygen atoms in total. The van der Waals surface area contributed by atoms with E-state index in [4.69, 9.17) is 16.0 Å². The van der Waals surface area contributed by atoms with E-state index in [2.05, 4.69) is 15.2 Å². The summed E-state index contributed by atoms with van der Waals surface area (Å²) in [7, 11) is 0. The van der Waals surface area contributed by atoms with Gasteiger partial charge in [-0.05, 0) is 42.7 Å². The van der Waals surface area contributed by atoms with Crippen molar-refractivity contribution in [3.05, 3.63) is 59.1 Å². The molecule has 0 saturated carbocycles. The summed E-state index contributed by atoms with van der Waals surface area (Å²) in [6, 6.07) is 15.8. The highest BCUT2D eigenvalue weighted by molar-refractivity contribution is 6.30. The molecule has 6 heteroatoms. The summed E-state index contributed by atoms with van der Waals surface area (Å²) in [5.41, 5.74) is 2.66. The van der Waals surface area contributed by atoms with Crippen molar-refractivity contribution in [3.63, 3.8) is 0 Å². The predicted octanol–water partition coefficient (Wildman–Crippen LogP) is 4.01. The molecule has 134 valence electrons. The van der Waals surface area contributed by atoms with Gasteiger partial charge in [0.2, 0.25) is 5.91 Å². The van der Waals surface area contributed by atoms with Crippen LogP contribution in [0.1, 0.15) is 18.4 Å². The van der Waals surface area contributed by atoms with Crippen molar-refractivity contribution in [2.45, 2.75) is 19.4 Å². The van der Waals surface area contributed by atoms with Crippen LogP contribution in [-0.4, -0.2) is 24.0 Å². The average Bonchev–Trinajstić information content (AvgIpc) is 3.12. The second-order valence-electron chi connectivity index (χ2n) is 6.59. The molecule has 26 heavy (non-hydrogen) atoms. The molecule has 2 aromatic carbocycles. The molecule has 4 rings (SSSR count). The number of hydrogen-bond acceptors (Lipinski definition) is 4. The topological polar surface area (TPSA) is 58.4 Å². The van der Waals surface area contributed by atoms with Crippen molar-refractivity contribution in [2.24, 2.45) is 5.92 Å². The zero-order valence-corrected chi connectivity index (χ0v) is 15.1. The van der Waals surface area contributed by atoms with E-state index in [0.29, 0.717) is 24.1 Å². The van der Waals surface area contributed by atoms with Crippen molar-refractivity contribution in [3.8, 4) is 0 Å². The maximum Gasteiger partial charge on any atom is 0.298 e. The summed E-state index contributed by atoms with van der Waals surface area (Å²) >= 11 is 5.89. The molecule has 0 radical (unpaired) electrons. The third-order valence-electron chi connectivity index (χ3n) is 4.73. The number of benzene rings is 2. The molecule has 1 N–H and O–H groups in total. The predicted molar refractivity (Wildman–Crippen MR) is 102 cm³/mol. The van der Waals surface area contributed by atoms with Crippen LogP contribution in [0.5, 0.6) is 0 Å². The van der Waals surface area contributed by atoms with Gasteiger partial charge in [-0.15, -0.1) is 0 Å². The van der Waals surface area contributed by atoms with Gasteiger partial charge in [0.25, 0.3) is 6.01 Å². The largest absolute Gasteiger partial charge is 0.423 e. The van der Waals surface area contributed by atoms with Gasteiger partial charge in [0.15, 0.2) is 5.58 Å². The Morgan fingerprint density at radius 1 is 1.23 bits per heavy atom. The fourth-order valence-electron chi connectivity index (χ4n) is 3.30. The second kappa shape index (κ2) is 7.38. The number of nitrogens with zero attached hydrogens (tertiary/aromatic N) is 2. The molecule has 1 unspecified atom stereocenters. The molecule has 3 aromatic rings. The molecule has 1 fully saturated rings. The van der Waals surface area contributed by atoms with Crippen molar-refractivity contribution in [2.75, 3.05) is 18.0 Å². The first-order chi connectivity index (χ1) is 12.7. The van der Waals surface area contributed by atoms with Gasteiger partial charge >= 0.3 is 0 Å². The number of hydrogen-bond donors (Lipinski definition) is 1. The lowest BCUT2D eigenvalue weighted by atomic mass is 9.97. The first-order valence-electron chi connectivity index (χ1n) is 8.82. The van der Waals surface area contributed by atoms with Crippen LogP contribution in [0.15, 0.2) is 52.9 Å². The van der Waals surface area contributed by atoms with E-state index >= 15 is 0 Å². The number of anilines is 1. The highest BCUT2D eigenvalue weighted by Crippen LogP contribution is 2.26. The number of halogens is 1. The van der Waals surface area contributed by atoms with Crippen molar-refractivity contribution in [1.82, 2.24) is 10.3 Å². The fourth-order valence-corrected chi connectivity index (χ4v) is 3.42. The van der Waals surface area contributed by atoms with Crippen LogP contribution < -0.4 is 10.2 Å². The van der Waals surface area contributed by atoms with Crippen LogP contribution in [0.3, 0.4) is 0 Å². The van der Waals surface area contributed by atoms with E-state index in [1.807, 2.05) is 48.5 Å². The Bertz CT molecular complexity index is 874. The van der Waals surface area contributed by atoms with E-state index < -0.39 is 0 Å². The van der Waals surface area contributed by atoms with Crippen molar-refractivity contribution in [1.29, 1.82) is 0 Å². The number of fused-ring (bicyclic) bond motifs is 1. The van der Waals surface area contributed by atoms with Crippen molar-refractivity contribution >= 4 is 34.6 Å². The second-order valence-corrected chi connectivity index (χ2v) is 7.03. The number of oxazole rings is 1. The highest BCUT2D eigenvalue weighted by Gasteiger charge is 2.28. The van der Waals surface area contributed by atoms with Gasteiger partial charge in [0.1, 0.15) is 5.52 Å². The number of carbonyl (C=O) groups excluding carboxylic acids is 1. The summed E-state index contributed by atoms with van der Waals surface area (Å²) < 4.78 is 5.85. The van der Waals surface area contributed by atoms with Crippen LogP contribution in [0, 0.1) is 5.92 Å². The van der Waals surface area contributed by atoms with Gasteiger partial charge in [-0.2, -0.15) is 4.98 Å². The zero-order valence-electron chi connectivity index (χ0n) is 14.3. The number of amides is 1. The SMILES string of the molecule is O=C(NCc1ccc(Cl)cc1)C1CCCN(c2nc3ccccc3o2)C1. The van der Waals surface area contributed by atoms with Crippen LogP contribution in [0.25, 0.3) is 11.1 Å². The molecule has 0 bridgehead atoms. The molecule has 2 heterocycles. The van der Waals surface area contributed by atoms with Crippen LogP contribution in [-0.2, 0) is 11.3 Å². The van der Waals surface area contributed by atoms with E-state index in [0.717, 1.165) is 36.0 Å². The van der Waals surface area contributed by atoms with Crippen molar-refractivity contribution < 1.29 is 9.21 Å². The summed E-state index contributed by atoms with van der Waals surface area (Å²) in [5.74, 6) is 0.00632. The van der Waals surface area contributed by atoms with Crippen LogP contribution >= 0.6 is 11.6 Å². The Morgan fingerprint density at radius 2 is 2.04 bits per heavy atom. The number of rotatable bonds is 4. The molecule has 1 aromatic heterocycles. The first-order valence-corrected chi connectivity index (χ1v) is 9.19. The number of carbonyl (C=O) groups is 1. The van der Waals surface area contributed by atoms with E-state index in [9.17, 15) is 4.79 Å². The lowest BCUT2D eigenvalue weighted by Gasteiger charge is -2.30. The maximum atomic E-state index is 12.6. The lowest BCUT2D eigenvalue weighted by molar-refractivity contribution is -0.125. The third kappa shape index (κ3) is 3.68. The van der Waals surface area contributed by atoms with Gasteiger partial charge in [-0.1, -0.05) is 35.9 Å². The van der Waals surface area contributed by atoms with Crippen LogP contribution in [0.2, 0.25) is 5.02 Å². The summed E-state index contributed by atoms with van der Waals surface area (Å²) in [4.78, 5) is 19.2. The summed E-state index contributed by atoms with van der Waals surface area (Å²) in [5, 5.41) is 3.72. The highest BCUT2D eigenvalue weighted by atomic mass is 35.5. The van der Waals surface area contributed by atoms with Gasteiger partial charge < -0.3 is 14.6 Å². The summed E-state index contributed by atoms with van der Waals surface area (Å²) in [6.07, 6.45) is 1.82. The molecule has 1 aliphatic rings. The normalized spacial score (nSPS) is 17.4. The number of aromatic nitrogens is 1. The van der Waals surface area contributed by atoms with Gasteiger partial charge in [0.05, 0.1) is 5.92 Å². The fraction of sp³-hybridized carbons (Fsp3) is 0.300. The van der Waals surface area contributed by atoms with Gasteiger partial charge in [-0.3, -0.25) is 4.79 Å². The maximum absolute atomic E-state index is 12.6. The quantitative estimate of drug-likeness (QED) is 0.754. The third-order valence-corrected chi connectivity index (χ3v) is 4.98. The molecule has 1 aliphatic heterocycles. The van der Waals surface area contributed by atoms with Crippen LogP contribution in [0.4, 0.5) is 6.01 Å². The standard InChI is InChI=1S/C20H20ClN3O2/c21-16-9-7-14(8-10-16)12-22-19(25)15-4-3-11-24(13-15)20-23-17-5-1-2-6-18(17)26-20/h1-2,5-10,15H,3-4,11-13H2,(H,22,25). The molecular formula is C20H20ClN3O2.